The summed E-state index contributed by atoms with van der Waals surface area (Å²) < 4.78 is 10.6. The van der Waals surface area contributed by atoms with Gasteiger partial charge in [-0.15, -0.1) is 0 Å². The van der Waals surface area contributed by atoms with Crippen LogP contribution in [0.1, 0.15) is 11.1 Å². The molecule has 0 radical (unpaired) electrons. The van der Waals surface area contributed by atoms with Crippen LogP contribution in [0.3, 0.4) is 0 Å². The quantitative estimate of drug-likeness (QED) is 0.343. The van der Waals surface area contributed by atoms with Crippen molar-refractivity contribution in [1.82, 2.24) is 0 Å². The Morgan fingerprint density at radius 3 is 2.10 bits per heavy atom. The van der Waals surface area contributed by atoms with Gasteiger partial charge in [0.05, 0.1) is 6.61 Å². The van der Waals surface area contributed by atoms with Gasteiger partial charge in [0.25, 0.3) is 0 Å². The highest BCUT2D eigenvalue weighted by molar-refractivity contribution is 5.72. The fourth-order valence-corrected chi connectivity index (χ4v) is 2.93. The van der Waals surface area contributed by atoms with Gasteiger partial charge in [-0.05, 0) is 35.4 Å². The number of ether oxygens (including phenoxy) is 2. The maximum Gasteiger partial charge on any atom is 0.229 e. The molecule has 1 heterocycles. The molecule has 9 nitrogen and oxygen atoms in total. The first-order valence-electron chi connectivity index (χ1n) is 8.80. The first-order valence-corrected chi connectivity index (χ1v) is 8.80. The smallest absolute Gasteiger partial charge is 0.229 e. The first kappa shape index (κ1) is 20.9. The molecule has 1 aliphatic rings. The topological polar surface area (TPSA) is 160 Å². The molecule has 2 aromatic rings. The lowest BCUT2D eigenvalue weighted by Gasteiger charge is -2.39. The molecule has 0 aliphatic carbocycles. The molecular weight excluding hydrogens is 384 g/mol. The maximum atomic E-state index is 10.2. The molecule has 9 heteroatoms. The highest BCUT2D eigenvalue weighted by Gasteiger charge is 2.44. The molecule has 5 atom stereocenters. The van der Waals surface area contributed by atoms with Crippen LogP contribution in [0.4, 0.5) is 0 Å². The Kier molecular flexibility index (Phi) is 6.26. The molecular formula is C20H22O9. The van der Waals surface area contributed by atoms with E-state index in [1.54, 1.807) is 18.2 Å². The summed E-state index contributed by atoms with van der Waals surface area (Å²) in [5.41, 5.74) is 1.12. The number of benzene rings is 2. The number of aromatic hydroxyl groups is 3. The Morgan fingerprint density at radius 2 is 1.48 bits per heavy atom. The van der Waals surface area contributed by atoms with Crippen LogP contribution in [-0.2, 0) is 4.74 Å². The van der Waals surface area contributed by atoms with E-state index < -0.39 is 37.3 Å². The summed E-state index contributed by atoms with van der Waals surface area (Å²) in [7, 11) is 0. The van der Waals surface area contributed by atoms with Gasteiger partial charge in [0.15, 0.2) is 11.5 Å². The molecule has 0 bridgehead atoms. The van der Waals surface area contributed by atoms with Gasteiger partial charge < -0.3 is 45.2 Å². The highest BCUT2D eigenvalue weighted by atomic mass is 16.7. The van der Waals surface area contributed by atoms with Crippen molar-refractivity contribution in [1.29, 1.82) is 0 Å². The summed E-state index contributed by atoms with van der Waals surface area (Å²) in [5, 5.41) is 68.0. The Labute approximate surface area is 165 Å². The molecule has 0 unspecified atom stereocenters. The zero-order valence-electron chi connectivity index (χ0n) is 15.2. The highest BCUT2D eigenvalue weighted by Crippen LogP contribution is 2.32. The Hall–Kier alpha value is -2.82. The molecule has 0 saturated carbocycles. The van der Waals surface area contributed by atoms with Gasteiger partial charge in [-0.2, -0.15) is 0 Å². The third-order valence-corrected chi connectivity index (χ3v) is 4.47. The molecule has 0 amide bonds. The van der Waals surface area contributed by atoms with E-state index in [1.807, 2.05) is 0 Å². The lowest BCUT2D eigenvalue weighted by Crippen LogP contribution is -2.60. The van der Waals surface area contributed by atoms with Crippen molar-refractivity contribution in [3.05, 3.63) is 47.5 Å². The van der Waals surface area contributed by atoms with Crippen molar-refractivity contribution in [2.45, 2.75) is 30.7 Å². The normalized spacial score (nSPS) is 27.2. The molecule has 7 N–H and O–H groups in total. The predicted octanol–water partition coefficient (Wildman–Crippen LogP) is 0.152. The average Bonchev–Trinajstić information content (AvgIpc) is 2.67. The van der Waals surface area contributed by atoms with E-state index in [4.69, 9.17) is 9.47 Å². The standard InChI is InChI=1S/C20H22O9/c21-9-16-17(25)18(26)19(27)20(29-16)28-15-4-3-10(7-14(15)24)1-2-11-5-12(22)8-13(23)6-11/h1-8,16-27H,9H2/b2-1-/t16-,17-,18+,19-,20-/m1/s1. The second-order valence-electron chi connectivity index (χ2n) is 6.66. The summed E-state index contributed by atoms with van der Waals surface area (Å²) in [5.74, 6) is -0.490. The molecule has 156 valence electrons. The van der Waals surface area contributed by atoms with Crippen molar-refractivity contribution in [3.63, 3.8) is 0 Å². The minimum Gasteiger partial charge on any atom is -0.508 e. The van der Waals surface area contributed by atoms with Gasteiger partial charge in [0.2, 0.25) is 6.29 Å². The number of hydrogen-bond donors (Lipinski definition) is 7. The molecule has 3 rings (SSSR count). The monoisotopic (exact) mass is 406 g/mol. The minimum absolute atomic E-state index is 0.0403. The Bertz CT molecular complexity index is 860. The number of aliphatic hydroxyl groups is 4. The van der Waals surface area contributed by atoms with Crippen LogP contribution < -0.4 is 4.74 Å². The number of rotatable bonds is 5. The fourth-order valence-electron chi connectivity index (χ4n) is 2.93. The molecule has 1 aliphatic heterocycles. The van der Waals surface area contributed by atoms with Crippen molar-refractivity contribution in [2.75, 3.05) is 6.61 Å². The lowest BCUT2D eigenvalue weighted by molar-refractivity contribution is -0.277. The van der Waals surface area contributed by atoms with Gasteiger partial charge in [-0.3, -0.25) is 0 Å². The molecule has 1 fully saturated rings. The zero-order valence-corrected chi connectivity index (χ0v) is 15.2. The van der Waals surface area contributed by atoms with Crippen molar-refractivity contribution in [3.8, 4) is 23.0 Å². The Morgan fingerprint density at radius 1 is 0.828 bits per heavy atom. The van der Waals surface area contributed by atoms with Crippen LogP contribution in [0.2, 0.25) is 0 Å². The summed E-state index contributed by atoms with van der Waals surface area (Å²) in [6.45, 7) is -0.592. The minimum atomic E-state index is -1.59. The third kappa shape index (κ3) is 4.78. The molecule has 0 spiro atoms. The van der Waals surface area contributed by atoms with E-state index in [0.717, 1.165) is 0 Å². The van der Waals surface area contributed by atoms with Gasteiger partial charge in [-0.25, -0.2) is 0 Å². The number of aliphatic hydroxyl groups excluding tert-OH is 4. The van der Waals surface area contributed by atoms with Gasteiger partial charge in [-0.1, -0.05) is 18.2 Å². The van der Waals surface area contributed by atoms with Crippen LogP contribution in [0, 0.1) is 0 Å². The summed E-state index contributed by atoms with van der Waals surface area (Å²) >= 11 is 0. The summed E-state index contributed by atoms with van der Waals surface area (Å²) in [6.07, 6.45) is -3.97. The van der Waals surface area contributed by atoms with Crippen molar-refractivity contribution < 1.29 is 45.2 Å². The number of phenols is 3. The summed E-state index contributed by atoms with van der Waals surface area (Å²) in [4.78, 5) is 0. The lowest BCUT2D eigenvalue weighted by atomic mass is 9.99. The molecule has 2 aromatic carbocycles. The van der Waals surface area contributed by atoms with E-state index in [-0.39, 0.29) is 23.0 Å². The van der Waals surface area contributed by atoms with Crippen molar-refractivity contribution >= 4 is 12.2 Å². The van der Waals surface area contributed by atoms with Gasteiger partial charge in [0, 0.05) is 6.07 Å². The van der Waals surface area contributed by atoms with Gasteiger partial charge in [0.1, 0.15) is 35.9 Å². The second kappa shape index (κ2) is 8.68. The van der Waals surface area contributed by atoms with Crippen LogP contribution in [-0.4, -0.2) is 73.1 Å². The molecule has 1 saturated heterocycles. The second-order valence-corrected chi connectivity index (χ2v) is 6.66. The SMILES string of the molecule is OC[C@H]1O[C@@H](Oc2ccc(/C=C\c3cc(O)cc(O)c3)cc2O)[C@H](O)[C@@H](O)[C@@H]1O. The molecule has 0 aromatic heterocycles. The predicted molar refractivity (Wildman–Crippen MR) is 101 cm³/mol. The van der Waals surface area contributed by atoms with E-state index in [1.165, 1.54) is 30.3 Å². The van der Waals surface area contributed by atoms with E-state index >= 15 is 0 Å². The summed E-state index contributed by atoms with van der Waals surface area (Å²) in [6, 6.07) is 8.49. The Balaban J connectivity index is 1.73. The number of hydrogen-bond acceptors (Lipinski definition) is 9. The van der Waals surface area contributed by atoms with E-state index in [0.29, 0.717) is 11.1 Å². The number of phenolic OH excluding ortho intramolecular Hbond substituents is 3. The first-order chi connectivity index (χ1) is 13.8. The van der Waals surface area contributed by atoms with E-state index in [9.17, 15) is 35.7 Å². The van der Waals surface area contributed by atoms with Crippen LogP contribution in [0.5, 0.6) is 23.0 Å². The van der Waals surface area contributed by atoms with E-state index in [2.05, 4.69) is 0 Å². The average molecular weight is 406 g/mol. The zero-order chi connectivity index (χ0) is 21.1. The largest absolute Gasteiger partial charge is 0.508 e. The maximum absolute atomic E-state index is 10.2. The third-order valence-electron chi connectivity index (χ3n) is 4.47. The molecule has 29 heavy (non-hydrogen) atoms. The van der Waals surface area contributed by atoms with Crippen LogP contribution in [0.25, 0.3) is 12.2 Å². The van der Waals surface area contributed by atoms with Crippen LogP contribution >= 0.6 is 0 Å². The van der Waals surface area contributed by atoms with Gasteiger partial charge >= 0.3 is 0 Å². The fraction of sp³-hybridized carbons (Fsp3) is 0.300. The van der Waals surface area contributed by atoms with Crippen LogP contribution in [0.15, 0.2) is 36.4 Å². The van der Waals surface area contributed by atoms with Crippen molar-refractivity contribution in [2.24, 2.45) is 0 Å².